The second-order valence-corrected chi connectivity index (χ2v) is 19.0. The molecule has 17 heteroatoms. The van der Waals surface area contributed by atoms with Crippen molar-refractivity contribution in [3.8, 4) is 5.75 Å². The predicted octanol–water partition coefficient (Wildman–Crippen LogP) is 7.27. The third kappa shape index (κ3) is 18.2. The molecular formula is C49H75N5O11S. The van der Waals surface area contributed by atoms with Gasteiger partial charge in [0, 0.05) is 56.0 Å². The van der Waals surface area contributed by atoms with E-state index in [-0.39, 0.29) is 86.5 Å². The topological polar surface area (TPSA) is 225 Å². The lowest BCUT2D eigenvalue weighted by Crippen LogP contribution is -2.50. The van der Waals surface area contributed by atoms with Gasteiger partial charge in [0.2, 0.25) is 5.91 Å². The molecule has 0 bridgehead atoms. The number of rotatable bonds is 29. The van der Waals surface area contributed by atoms with Crippen LogP contribution in [0.25, 0.3) is 0 Å². The number of hydrogen-bond donors (Lipinski definition) is 3. The number of aliphatic carboxylic acids is 1. The predicted molar refractivity (Wildman–Crippen MR) is 251 cm³/mol. The molecule has 1 aliphatic rings. The highest BCUT2D eigenvalue weighted by Gasteiger charge is 2.39. The number of nitrogens with zero attached hydrogens (tertiary/aromatic N) is 3. The zero-order valence-electron chi connectivity index (χ0n) is 40.4. The molecule has 1 aromatic carbocycles. The molecule has 1 aliphatic heterocycles. The summed E-state index contributed by atoms with van der Waals surface area (Å²) in [5.41, 5.74) is 6.33. The van der Waals surface area contributed by atoms with Crippen molar-refractivity contribution >= 4 is 52.8 Å². The Morgan fingerprint density at radius 1 is 0.970 bits per heavy atom. The van der Waals surface area contributed by atoms with Gasteiger partial charge in [0.15, 0.2) is 18.6 Å². The fourth-order valence-electron chi connectivity index (χ4n) is 8.25. The van der Waals surface area contributed by atoms with Gasteiger partial charge in [-0.05, 0) is 94.6 Å². The first-order valence-electron chi connectivity index (χ1n) is 23.7. The van der Waals surface area contributed by atoms with Gasteiger partial charge in [-0.1, -0.05) is 72.9 Å². The normalized spacial score (nSPS) is 16.8. The standard InChI is InChI=1S/C49H75N5O11S/c1-9-16-44(57)63-30-54(48(60)38(32(5)10-2)27-42(56)40-17-13-15-24-53(40)8)41(31(3)4)28-43(64-34(7)55)47-52-39(29-66-47)46(59)51-36(25-33(6)49(61)62)26-35-19-21-37(22-20-35)65-45(58)18-12-11-14-23-50/h19-22,29,31-33,36,38,40-41,43H,9-18,23-28,30,50H2,1-8H3,(H,51,59)(H,61,62)/t32-,33-,36+,38-,40+,41+,43+/m0/s1. The van der Waals surface area contributed by atoms with Crippen LogP contribution in [0.3, 0.4) is 0 Å². The summed E-state index contributed by atoms with van der Waals surface area (Å²) >= 11 is 1.10. The number of unbranched alkanes of at least 4 members (excludes halogenated alkanes) is 2. The molecule has 368 valence electrons. The summed E-state index contributed by atoms with van der Waals surface area (Å²) in [5.74, 6) is -4.86. The number of nitrogens with two attached hydrogens (primary N) is 1. The molecule has 1 fully saturated rings. The third-order valence-corrected chi connectivity index (χ3v) is 13.3. The van der Waals surface area contributed by atoms with E-state index >= 15 is 0 Å². The van der Waals surface area contributed by atoms with Gasteiger partial charge in [-0.15, -0.1) is 11.3 Å². The van der Waals surface area contributed by atoms with Gasteiger partial charge in [-0.25, -0.2) is 4.98 Å². The highest BCUT2D eigenvalue weighted by molar-refractivity contribution is 7.09. The number of piperidine rings is 1. The van der Waals surface area contributed by atoms with Gasteiger partial charge in [0.25, 0.3) is 5.91 Å². The molecule has 2 amide bonds. The molecule has 2 aromatic rings. The molecule has 0 spiro atoms. The van der Waals surface area contributed by atoms with Gasteiger partial charge in [0.1, 0.15) is 16.5 Å². The van der Waals surface area contributed by atoms with E-state index in [0.29, 0.717) is 36.6 Å². The van der Waals surface area contributed by atoms with Crippen molar-refractivity contribution in [2.45, 2.75) is 163 Å². The first-order chi connectivity index (χ1) is 31.4. The van der Waals surface area contributed by atoms with E-state index in [2.05, 4.69) is 15.2 Å². The van der Waals surface area contributed by atoms with Crippen LogP contribution < -0.4 is 15.8 Å². The number of Topliss-reactive ketones (excluding diaryl/α,β-unsaturated/α-hetero) is 1. The molecule has 2 heterocycles. The lowest BCUT2D eigenvalue weighted by atomic mass is 9.82. The number of likely N-dealkylation sites (N-methyl/N-ethyl adjacent to an activating group) is 1. The number of amides is 2. The van der Waals surface area contributed by atoms with Crippen molar-refractivity contribution in [2.75, 3.05) is 26.9 Å². The van der Waals surface area contributed by atoms with Gasteiger partial charge >= 0.3 is 23.9 Å². The van der Waals surface area contributed by atoms with Crippen LogP contribution in [0, 0.1) is 23.7 Å². The fraction of sp³-hybridized carbons (Fsp3) is 0.673. The van der Waals surface area contributed by atoms with Gasteiger partial charge in [-0.3, -0.25) is 38.5 Å². The summed E-state index contributed by atoms with van der Waals surface area (Å²) < 4.78 is 17.0. The van der Waals surface area contributed by atoms with Crippen molar-refractivity contribution in [2.24, 2.45) is 29.4 Å². The molecule has 1 saturated heterocycles. The van der Waals surface area contributed by atoms with E-state index in [1.54, 1.807) is 31.2 Å². The Bertz CT molecular complexity index is 1890. The quantitative estimate of drug-likeness (QED) is 0.0316. The van der Waals surface area contributed by atoms with Gasteiger partial charge < -0.3 is 35.3 Å². The van der Waals surface area contributed by atoms with Crippen molar-refractivity contribution in [1.82, 2.24) is 20.1 Å². The summed E-state index contributed by atoms with van der Waals surface area (Å²) in [4.78, 5) is 100. The number of likely N-dealkylation sites (tertiary alicyclic amines) is 1. The van der Waals surface area contributed by atoms with E-state index in [1.165, 1.54) is 17.2 Å². The van der Waals surface area contributed by atoms with Crippen LogP contribution in [0.1, 0.15) is 159 Å². The zero-order valence-corrected chi connectivity index (χ0v) is 41.2. The Morgan fingerprint density at radius 3 is 2.29 bits per heavy atom. The van der Waals surface area contributed by atoms with Gasteiger partial charge in [-0.2, -0.15) is 0 Å². The number of ether oxygens (including phenoxy) is 3. The highest BCUT2D eigenvalue weighted by Crippen LogP contribution is 2.34. The molecule has 0 unspecified atom stereocenters. The summed E-state index contributed by atoms with van der Waals surface area (Å²) in [5, 5.41) is 14.5. The summed E-state index contributed by atoms with van der Waals surface area (Å²) in [6.45, 7) is 13.4. The average molecular weight is 942 g/mol. The molecule has 0 saturated carbocycles. The van der Waals surface area contributed by atoms with E-state index in [0.717, 1.165) is 55.5 Å². The average Bonchev–Trinajstić information content (AvgIpc) is 3.77. The number of carboxylic acid groups (broad SMARTS) is 1. The maximum Gasteiger partial charge on any atom is 0.311 e. The minimum Gasteiger partial charge on any atom is -0.481 e. The summed E-state index contributed by atoms with van der Waals surface area (Å²) in [7, 11) is 1.94. The van der Waals surface area contributed by atoms with Crippen molar-refractivity contribution in [1.29, 1.82) is 0 Å². The molecule has 1 aromatic heterocycles. The minimum absolute atomic E-state index is 0.00643. The van der Waals surface area contributed by atoms with E-state index in [1.807, 2.05) is 41.7 Å². The number of ketones is 1. The van der Waals surface area contributed by atoms with Crippen LogP contribution in [0.4, 0.5) is 0 Å². The third-order valence-electron chi connectivity index (χ3n) is 12.4. The Hall–Kier alpha value is -4.74. The van der Waals surface area contributed by atoms with Crippen LogP contribution in [-0.2, 0) is 44.7 Å². The van der Waals surface area contributed by atoms with Crippen LogP contribution >= 0.6 is 11.3 Å². The molecule has 66 heavy (non-hydrogen) atoms. The first-order valence-corrected chi connectivity index (χ1v) is 24.6. The van der Waals surface area contributed by atoms with E-state index in [4.69, 9.17) is 19.9 Å². The molecule has 7 atom stereocenters. The van der Waals surface area contributed by atoms with Crippen LogP contribution in [0.5, 0.6) is 5.75 Å². The Morgan fingerprint density at radius 2 is 1.68 bits per heavy atom. The Kier molecular flexibility index (Phi) is 24.0. The van der Waals surface area contributed by atoms with Crippen LogP contribution in [0.15, 0.2) is 29.6 Å². The number of aromatic nitrogens is 1. The number of carbonyl (C=O) groups is 7. The second kappa shape index (κ2) is 28.4. The van der Waals surface area contributed by atoms with E-state index in [9.17, 15) is 38.7 Å². The summed E-state index contributed by atoms with van der Waals surface area (Å²) in [6, 6.07) is 5.27. The van der Waals surface area contributed by atoms with Crippen LogP contribution in [0.2, 0.25) is 0 Å². The molecule has 0 aliphatic carbocycles. The lowest BCUT2D eigenvalue weighted by molar-refractivity contribution is -0.161. The number of hydrogen-bond acceptors (Lipinski definition) is 14. The van der Waals surface area contributed by atoms with Crippen LogP contribution in [-0.4, -0.2) is 106 Å². The fourth-order valence-corrected chi connectivity index (χ4v) is 9.09. The number of thiazole rings is 1. The number of nitrogens with one attached hydrogen (secondary N) is 1. The first kappa shape index (κ1) is 55.6. The van der Waals surface area contributed by atoms with E-state index < -0.39 is 53.8 Å². The van der Waals surface area contributed by atoms with Gasteiger partial charge in [0.05, 0.1) is 12.0 Å². The number of carbonyl (C=O) groups excluding carboxylic acids is 6. The monoisotopic (exact) mass is 942 g/mol. The molecule has 0 radical (unpaired) electrons. The Balaban J connectivity index is 1.89. The molecule has 16 nitrogen and oxygen atoms in total. The molecular weight excluding hydrogens is 867 g/mol. The highest BCUT2D eigenvalue weighted by atomic mass is 32.1. The number of esters is 3. The molecule has 4 N–H and O–H groups in total. The maximum absolute atomic E-state index is 14.9. The minimum atomic E-state index is -1.02. The van der Waals surface area contributed by atoms with Crippen molar-refractivity contribution in [3.63, 3.8) is 0 Å². The number of benzene rings is 1. The zero-order chi connectivity index (χ0) is 48.9. The van der Waals surface area contributed by atoms with Crippen molar-refractivity contribution in [3.05, 3.63) is 45.9 Å². The largest absolute Gasteiger partial charge is 0.481 e. The lowest BCUT2D eigenvalue weighted by Gasteiger charge is -2.39. The summed E-state index contributed by atoms with van der Waals surface area (Å²) in [6.07, 6.45) is 6.10. The molecule has 3 rings (SSSR count). The SMILES string of the molecule is CCCC(=O)OCN(C(=O)[C@@H](CC(=O)[C@H]1CCCCN1C)[C@@H](C)CC)[C@H](C[C@@H](OC(C)=O)c1nc(C(=O)N[C@@H](Cc2ccc(OC(=O)CCCCCN)cc2)C[C@H](C)C(=O)O)cs1)C(C)C. The second-order valence-electron chi connectivity index (χ2n) is 18.1. The smallest absolute Gasteiger partial charge is 0.311 e. The number of carboxylic acids is 1. The Labute approximate surface area is 395 Å². The maximum atomic E-state index is 14.9. The van der Waals surface area contributed by atoms with Crippen molar-refractivity contribution < 1.29 is 52.9 Å².